The molecule has 2 aliphatic carbocycles. The highest BCUT2D eigenvalue weighted by Crippen LogP contribution is 2.44. The van der Waals surface area contributed by atoms with Gasteiger partial charge in [0.25, 0.3) is 0 Å². The summed E-state index contributed by atoms with van der Waals surface area (Å²) < 4.78 is 49.1. The Morgan fingerprint density at radius 2 is 2.47 bits per heavy atom. The average Bonchev–Trinajstić information content (AvgIpc) is 2.82. The first-order valence-electron chi connectivity index (χ1n) is 8.26. The second-order valence-electron chi connectivity index (χ2n) is 4.06. The molecule has 1 atom stereocenters. The van der Waals surface area contributed by atoms with Gasteiger partial charge in [0.05, 0.1) is 7.26 Å². The maximum Gasteiger partial charge on any atom is 0.224 e. The molecule has 2 N–H and O–H groups in total. The number of carbonyl (C=O) groups is 1. The minimum absolute atomic E-state index is 0.0930. The number of hydrogen-bond acceptors (Lipinski definition) is 1. The Hall–Kier alpha value is -1.28. The summed E-state index contributed by atoms with van der Waals surface area (Å²) in [5, 5.41) is 0.106. The Morgan fingerprint density at radius 3 is 3.24 bits per heavy atom. The van der Waals surface area contributed by atoms with Crippen LogP contribution in [-0.4, -0.2) is 5.91 Å². The highest BCUT2D eigenvalue weighted by atomic mass is 35.5. The van der Waals surface area contributed by atoms with Gasteiger partial charge in [-0.05, 0) is 60.0 Å². The van der Waals surface area contributed by atoms with Crippen LogP contribution in [0.25, 0.3) is 5.57 Å². The van der Waals surface area contributed by atoms with Crippen molar-refractivity contribution in [1.29, 1.82) is 0 Å². The number of halogens is 1. The van der Waals surface area contributed by atoms with Crippen molar-refractivity contribution >= 4 is 23.1 Å². The van der Waals surface area contributed by atoms with Crippen LogP contribution < -0.4 is 5.73 Å². The maximum absolute atomic E-state index is 11.9. The lowest BCUT2D eigenvalue weighted by Gasteiger charge is -2.22. The Kier molecular flexibility index (Phi) is 1.38. The molecule has 0 spiro atoms. The molecule has 3 rings (SSSR count). The van der Waals surface area contributed by atoms with Crippen molar-refractivity contribution < 1.29 is 13.0 Å². The van der Waals surface area contributed by atoms with E-state index >= 15 is 0 Å². The molecule has 0 radical (unpaired) electrons. The van der Waals surface area contributed by atoms with Crippen LogP contribution in [0.5, 0.6) is 0 Å². The van der Waals surface area contributed by atoms with Crippen LogP contribution in [0, 0.1) is 5.89 Å². The van der Waals surface area contributed by atoms with E-state index in [0.29, 0.717) is 5.56 Å². The molecule has 0 aromatic heterocycles. The van der Waals surface area contributed by atoms with E-state index in [-0.39, 0.29) is 34.2 Å². The van der Waals surface area contributed by atoms with Crippen LogP contribution in [0.1, 0.15) is 38.5 Å². The van der Waals surface area contributed by atoms with Gasteiger partial charge in [-0.25, -0.2) is 0 Å². The van der Waals surface area contributed by atoms with Gasteiger partial charge < -0.3 is 5.73 Å². The van der Waals surface area contributed by atoms with Crippen molar-refractivity contribution in [2.24, 2.45) is 11.6 Å². The maximum atomic E-state index is 11.9. The molecule has 1 aromatic rings. The van der Waals surface area contributed by atoms with E-state index in [2.05, 4.69) is 0 Å². The third kappa shape index (κ3) is 1.67. The number of carbonyl (C=O) groups excluding carboxylic acids is 1. The number of benzene rings is 1. The smallest absolute Gasteiger partial charge is 0.224 e. The quantitative estimate of drug-likeness (QED) is 0.822. The van der Waals surface area contributed by atoms with Crippen molar-refractivity contribution in [1.82, 2.24) is 0 Å². The molecule has 0 heterocycles. The number of fused-ring (bicyclic) bond motifs is 2. The molecule has 1 unspecified atom stereocenters. The van der Waals surface area contributed by atoms with Crippen molar-refractivity contribution in [2.45, 2.75) is 25.6 Å². The molecule has 0 fully saturated rings. The first-order chi connectivity index (χ1) is 10.4. The monoisotopic (exact) mass is 253 g/mol. The number of primary amides is 1. The predicted octanol–water partition coefficient (Wildman–Crippen LogP) is 2.94. The van der Waals surface area contributed by atoms with Crippen LogP contribution >= 0.6 is 11.6 Å². The van der Waals surface area contributed by atoms with Gasteiger partial charge in [-0.1, -0.05) is 17.7 Å². The van der Waals surface area contributed by atoms with Crippen LogP contribution in [0.15, 0.2) is 23.7 Å². The van der Waals surface area contributed by atoms with E-state index in [4.69, 9.17) is 25.6 Å². The molecule has 0 saturated heterocycles. The molecule has 0 aliphatic heterocycles. The summed E-state index contributed by atoms with van der Waals surface area (Å²) in [6, 6.07) is 2.99. The molecule has 0 bridgehead atoms. The largest absolute Gasteiger partial charge is 0.369 e. The van der Waals surface area contributed by atoms with Gasteiger partial charge in [-0.2, -0.15) is 0 Å². The molecule has 17 heavy (non-hydrogen) atoms. The van der Waals surface area contributed by atoms with Gasteiger partial charge >= 0.3 is 0 Å². The Labute approximate surface area is 114 Å². The van der Waals surface area contributed by atoms with E-state index in [1.807, 2.05) is 0 Å². The first-order valence-corrected chi connectivity index (χ1v) is 5.63. The fraction of sp³-hybridized carbons (Fsp3) is 0.357. The lowest BCUT2D eigenvalue weighted by Crippen LogP contribution is -2.27. The van der Waals surface area contributed by atoms with E-state index in [9.17, 15) is 4.79 Å². The highest BCUT2D eigenvalue weighted by molar-refractivity contribution is 6.30. The fourth-order valence-corrected chi connectivity index (χ4v) is 2.42. The lowest BCUT2D eigenvalue weighted by molar-refractivity contribution is -0.121. The summed E-state index contributed by atoms with van der Waals surface area (Å²) in [5.41, 5.74) is 6.10. The van der Waals surface area contributed by atoms with Gasteiger partial charge in [-0.15, -0.1) is 0 Å². The molecule has 88 valence electrons. The third-order valence-corrected chi connectivity index (χ3v) is 3.28. The van der Waals surface area contributed by atoms with Gasteiger partial charge in [0.2, 0.25) is 5.91 Å². The molecular weight excluding hydrogens is 234 g/mol. The van der Waals surface area contributed by atoms with E-state index in [1.165, 1.54) is 6.07 Å². The fourth-order valence-electron chi connectivity index (χ4n) is 2.26. The lowest BCUT2D eigenvalue weighted by atomic mass is 9.82. The predicted molar refractivity (Wildman–Crippen MR) is 68.6 cm³/mol. The van der Waals surface area contributed by atoms with Crippen molar-refractivity contribution in [3.05, 3.63) is 39.9 Å². The zero-order valence-corrected chi connectivity index (χ0v) is 9.69. The van der Waals surface area contributed by atoms with Crippen molar-refractivity contribution in [3.8, 4) is 0 Å². The number of allylic oxidation sites excluding steroid dienone is 1. The molecular formula is C14H14ClNO. The average molecular weight is 254 g/mol. The minimum Gasteiger partial charge on any atom is -0.369 e. The van der Waals surface area contributed by atoms with Gasteiger partial charge in [0.15, 0.2) is 0 Å². The van der Waals surface area contributed by atoms with Gasteiger partial charge in [0, 0.05) is 11.9 Å². The Morgan fingerprint density at radius 1 is 1.65 bits per heavy atom. The van der Waals surface area contributed by atoms with Gasteiger partial charge in [0.1, 0.15) is 0 Å². The highest BCUT2D eigenvalue weighted by Gasteiger charge is 2.32. The SMILES string of the molecule is [2H]c1c(Cl)ccc2c1C1=C(C2)C([2H])(C(N)=O)CC([2H])([2H])C1([2H])[2H]. The topological polar surface area (TPSA) is 43.1 Å². The second-order valence-corrected chi connectivity index (χ2v) is 4.47. The van der Waals surface area contributed by atoms with Crippen molar-refractivity contribution in [2.75, 3.05) is 0 Å². The van der Waals surface area contributed by atoms with E-state index in [1.54, 1.807) is 6.07 Å². The molecule has 2 nitrogen and oxygen atoms in total. The summed E-state index contributed by atoms with van der Waals surface area (Å²) in [6.45, 7) is 0. The summed E-state index contributed by atoms with van der Waals surface area (Å²) in [6.07, 6.45) is -5.49. The number of rotatable bonds is 1. The van der Waals surface area contributed by atoms with Crippen LogP contribution in [-0.2, 0) is 11.2 Å². The molecule has 0 saturated carbocycles. The van der Waals surface area contributed by atoms with Gasteiger partial charge in [-0.3, -0.25) is 4.79 Å². The molecule has 2 aliphatic rings. The Bertz CT molecular complexity index is 775. The molecule has 1 amide bonds. The molecule has 1 aromatic carbocycles. The zero-order valence-electron chi connectivity index (χ0n) is 14.9. The number of nitrogens with two attached hydrogens (primary N) is 1. The number of hydrogen-bond donors (Lipinski definition) is 1. The second kappa shape index (κ2) is 3.88. The van der Waals surface area contributed by atoms with E-state index in [0.717, 1.165) is 0 Å². The summed E-state index contributed by atoms with van der Waals surface area (Å²) >= 11 is 5.96. The molecule has 3 heteroatoms. The normalized spacial score (nSPS) is 37.7. The van der Waals surface area contributed by atoms with Crippen molar-refractivity contribution in [3.63, 3.8) is 0 Å². The zero-order chi connectivity index (χ0) is 17.4. The van der Waals surface area contributed by atoms with Crippen LogP contribution in [0.2, 0.25) is 5.02 Å². The number of amides is 1. The van der Waals surface area contributed by atoms with Crippen LogP contribution in [0.3, 0.4) is 0 Å². The summed E-state index contributed by atoms with van der Waals surface area (Å²) in [5.74, 6) is -3.06. The standard InChI is InChI=1S/C14H14ClNO/c15-9-5-4-8-6-13-10(12(8)7-9)2-1-3-11(13)14(16)17/h4-5,7,11H,1-3,6H2,(H2,16,17)/i1D2,2D2,7D,11D. The van der Waals surface area contributed by atoms with Crippen LogP contribution in [0.4, 0.5) is 0 Å². The Balaban J connectivity index is 2.39. The first kappa shape index (κ1) is 6.05. The van der Waals surface area contributed by atoms with E-state index < -0.39 is 31.0 Å². The summed E-state index contributed by atoms with van der Waals surface area (Å²) in [4.78, 5) is 11.9. The third-order valence-electron chi connectivity index (χ3n) is 3.06. The minimum atomic E-state index is -2.47. The summed E-state index contributed by atoms with van der Waals surface area (Å²) in [7, 11) is 0.